The maximum atomic E-state index is 14.0. The van der Waals surface area contributed by atoms with Crippen molar-refractivity contribution in [1.29, 1.82) is 0 Å². The van der Waals surface area contributed by atoms with Crippen LogP contribution in [0.15, 0.2) is 42.9 Å². The average molecular weight is 777 g/mol. The smallest absolute Gasteiger partial charge is 0.394 e. The zero-order valence-electron chi connectivity index (χ0n) is 31.1. The molecular weight excluding hydrogens is 723 g/mol. The molecule has 1 aliphatic heterocycles. The second-order valence-corrected chi connectivity index (χ2v) is 15.4. The molecule has 298 valence electrons. The van der Waals surface area contributed by atoms with Crippen molar-refractivity contribution >= 4 is 43.0 Å². The van der Waals surface area contributed by atoms with Crippen LogP contribution in [-0.2, 0) is 57.2 Å². The minimum atomic E-state index is -5.06. The number of aryl methyl sites for hydroxylation is 2. The molecule has 0 aliphatic carbocycles. The summed E-state index contributed by atoms with van der Waals surface area (Å²) in [5.74, 6) is -6.59. The summed E-state index contributed by atoms with van der Waals surface area (Å²) in [6, 6.07) is 6.40. The lowest BCUT2D eigenvalue weighted by Gasteiger charge is -2.27. The SMILES string of the molecule is CC(=O)N1CCCC1C(=O)N[C@@H](CC(C)C)C(=O)C[C@@H](Cc1cncn1CCc1ccccc1)C(=O)N[C@@H](CO)C(=O)CC(C(N)=O)C(C)OP(=O)(O)O. The highest BCUT2D eigenvalue weighted by molar-refractivity contribution is 7.46. The Morgan fingerprint density at radius 3 is 2.28 bits per heavy atom. The van der Waals surface area contributed by atoms with Gasteiger partial charge in [-0.25, -0.2) is 9.55 Å². The Hall–Kier alpha value is -4.28. The molecule has 3 rings (SSSR count). The summed E-state index contributed by atoms with van der Waals surface area (Å²) in [6.45, 7) is 6.31. The first kappa shape index (κ1) is 44.1. The first-order chi connectivity index (χ1) is 25.4. The Balaban J connectivity index is 1.87. The van der Waals surface area contributed by atoms with Crippen LogP contribution in [-0.4, -0.2) is 102 Å². The maximum Gasteiger partial charge on any atom is 0.469 e. The summed E-state index contributed by atoms with van der Waals surface area (Å²) in [5.41, 5.74) is 7.07. The largest absolute Gasteiger partial charge is 0.469 e. The lowest BCUT2D eigenvalue weighted by molar-refractivity contribution is -0.138. The predicted molar refractivity (Wildman–Crippen MR) is 195 cm³/mol. The molecule has 17 nitrogen and oxygen atoms in total. The highest BCUT2D eigenvalue weighted by Crippen LogP contribution is 2.39. The molecule has 1 aliphatic rings. The van der Waals surface area contributed by atoms with Crippen LogP contribution in [0.1, 0.15) is 71.1 Å². The maximum absolute atomic E-state index is 14.0. The number of nitrogens with two attached hydrogens (primary N) is 1. The number of phosphoric ester groups is 1. The van der Waals surface area contributed by atoms with Gasteiger partial charge in [0.2, 0.25) is 23.6 Å². The van der Waals surface area contributed by atoms with E-state index in [1.807, 2.05) is 48.7 Å². The first-order valence-electron chi connectivity index (χ1n) is 18.0. The summed E-state index contributed by atoms with van der Waals surface area (Å²) >= 11 is 0. The number of benzene rings is 1. The summed E-state index contributed by atoms with van der Waals surface area (Å²) in [5, 5.41) is 15.4. The van der Waals surface area contributed by atoms with E-state index in [1.54, 1.807) is 12.5 Å². The monoisotopic (exact) mass is 776 g/mol. The molecule has 1 fully saturated rings. The Morgan fingerprint density at radius 2 is 1.69 bits per heavy atom. The van der Waals surface area contributed by atoms with Gasteiger partial charge in [-0.2, -0.15) is 0 Å². The van der Waals surface area contributed by atoms with Crippen LogP contribution < -0.4 is 16.4 Å². The Labute approximate surface area is 314 Å². The molecule has 0 radical (unpaired) electrons. The number of ketones is 2. The predicted octanol–water partition coefficient (Wildman–Crippen LogP) is 0.821. The molecule has 1 aromatic heterocycles. The Kier molecular flexibility index (Phi) is 16.7. The minimum absolute atomic E-state index is 0.0150. The number of nitrogens with one attached hydrogen (secondary N) is 2. The second-order valence-electron chi connectivity index (χ2n) is 14.2. The van der Waals surface area contributed by atoms with E-state index in [0.29, 0.717) is 38.0 Å². The van der Waals surface area contributed by atoms with E-state index in [2.05, 4.69) is 20.1 Å². The average Bonchev–Trinajstić information content (AvgIpc) is 3.77. The molecule has 3 unspecified atom stereocenters. The molecule has 2 aromatic rings. The lowest BCUT2D eigenvalue weighted by atomic mass is 9.89. The molecule has 0 bridgehead atoms. The number of hydrogen-bond donors (Lipinski definition) is 6. The number of carbonyl (C=O) groups is 6. The molecule has 18 heteroatoms. The molecular formula is C36H53N6O11P. The van der Waals surface area contributed by atoms with Crippen molar-refractivity contribution in [3.8, 4) is 0 Å². The molecule has 7 N–H and O–H groups in total. The van der Waals surface area contributed by atoms with E-state index >= 15 is 0 Å². The number of Topliss-reactive ketones (excluding diaryl/α,β-unsaturated/α-hetero) is 2. The normalized spacial score (nSPS) is 17.3. The van der Waals surface area contributed by atoms with E-state index in [1.165, 1.54) is 11.8 Å². The van der Waals surface area contributed by atoms with Gasteiger partial charge in [-0.3, -0.25) is 33.3 Å². The lowest BCUT2D eigenvalue weighted by Crippen LogP contribution is -2.52. The van der Waals surface area contributed by atoms with Crippen LogP contribution in [0.2, 0.25) is 0 Å². The van der Waals surface area contributed by atoms with Gasteiger partial charge in [0.05, 0.1) is 36.9 Å². The van der Waals surface area contributed by atoms with Crippen molar-refractivity contribution in [3.05, 3.63) is 54.1 Å². The number of likely N-dealkylation sites (tertiary alicyclic amines) is 1. The van der Waals surface area contributed by atoms with Crippen LogP contribution in [0.4, 0.5) is 0 Å². The molecule has 1 saturated heterocycles. The third-order valence-corrected chi connectivity index (χ3v) is 10.1. The van der Waals surface area contributed by atoms with Gasteiger partial charge in [-0.15, -0.1) is 0 Å². The van der Waals surface area contributed by atoms with Gasteiger partial charge < -0.3 is 40.7 Å². The van der Waals surface area contributed by atoms with Crippen LogP contribution in [0.5, 0.6) is 0 Å². The molecule has 2 heterocycles. The van der Waals surface area contributed by atoms with E-state index in [0.717, 1.165) is 12.5 Å². The van der Waals surface area contributed by atoms with Crippen LogP contribution in [0.25, 0.3) is 0 Å². The van der Waals surface area contributed by atoms with Crippen LogP contribution >= 0.6 is 7.82 Å². The van der Waals surface area contributed by atoms with Gasteiger partial charge in [0.25, 0.3) is 0 Å². The fraction of sp³-hybridized carbons (Fsp3) is 0.583. The summed E-state index contributed by atoms with van der Waals surface area (Å²) in [7, 11) is -5.06. The summed E-state index contributed by atoms with van der Waals surface area (Å²) in [6.07, 6.45) is 2.55. The third-order valence-electron chi connectivity index (χ3n) is 9.47. The minimum Gasteiger partial charge on any atom is -0.394 e. The number of primary amides is 1. The highest BCUT2D eigenvalue weighted by Gasteiger charge is 2.37. The second kappa shape index (κ2) is 20.4. The van der Waals surface area contributed by atoms with Crippen molar-refractivity contribution < 1.29 is 52.7 Å². The van der Waals surface area contributed by atoms with Gasteiger partial charge in [-0.05, 0) is 44.1 Å². The fourth-order valence-electron chi connectivity index (χ4n) is 6.60. The molecule has 6 atom stereocenters. The number of hydrogen-bond acceptors (Lipinski definition) is 10. The van der Waals surface area contributed by atoms with E-state index < -0.39 is 86.2 Å². The Bertz CT molecular complexity index is 1660. The van der Waals surface area contributed by atoms with Gasteiger partial charge >= 0.3 is 7.82 Å². The van der Waals surface area contributed by atoms with Crippen LogP contribution in [0, 0.1) is 17.8 Å². The number of aliphatic hydroxyl groups is 1. The Morgan fingerprint density at radius 1 is 1.02 bits per heavy atom. The summed E-state index contributed by atoms with van der Waals surface area (Å²) in [4.78, 5) is 103. The quantitative estimate of drug-likeness (QED) is 0.0909. The van der Waals surface area contributed by atoms with Crippen molar-refractivity contribution in [2.24, 2.45) is 23.5 Å². The number of amides is 4. The molecule has 4 amide bonds. The number of rotatable bonds is 22. The number of carbonyl (C=O) groups excluding carboxylic acids is 6. The van der Waals surface area contributed by atoms with Crippen molar-refractivity contribution in [3.63, 3.8) is 0 Å². The summed E-state index contributed by atoms with van der Waals surface area (Å²) < 4.78 is 17.8. The molecule has 54 heavy (non-hydrogen) atoms. The molecule has 1 aromatic carbocycles. The first-order valence-corrected chi connectivity index (χ1v) is 19.5. The number of imidazole rings is 1. The molecule has 0 spiro atoms. The highest BCUT2D eigenvalue weighted by atomic mass is 31.2. The van der Waals surface area contributed by atoms with Gasteiger partial charge in [0.15, 0.2) is 11.6 Å². The van der Waals surface area contributed by atoms with Crippen LogP contribution in [0.3, 0.4) is 0 Å². The van der Waals surface area contributed by atoms with Gasteiger partial charge in [-0.1, -0.05) is 44.2 Å². The topological polar surface area (TPSA) is 261 Å². The van der Waals surface area contributed by atoms with Gasteiger partial charge in [0, 0.05) is 51.2 Å². The number of phosphoric acid groups is 1. The zero-order valence-corrected chi connectivity index (χ0v) is 32.0. The van der Waals surface area contributed by atoms with Gasteiger partial charge in [0.1, 0.15) is 12.1 Å². The van der Waals surface area contributed by atoms with E-state index in [4.69, 9.17) is 5.73 Å². The number of aliphatic hydroxyl groups excluding tert-OH is 1. The van der Waals surface area contributed by atoms with E-state index in [-0.39, 0.29) is 31.1 Å². The fourth-order valence-corrected chi connectivity index (χ4v) is 7.18. The third kappa shape index (κ3) is 13.5. The standard InChI is InChI=1S/C36H53N6O11P/c1-22(2)15-29(39-36(49)31-11-8-13-42(31)24(4)44)32(45)17-26(16-27-19-38-21-41(27)14-12-25-9-6-5-7-10-25)35(48)40-30(20-43)33(46)18-28(34(37)47)23(3)53-54(50,51)52/h5-7,9-10,19,21-23,26,28-31,43H,8,11-18,20H2,1-4H3,(H2,37,47)(H,39,49)(H,40,48)(H2,50,51,52)/t23?,26-,28?,29+,30+,31?/m1/s1. The van der Waals surface area contributed by atoms with Crippen molar-refractivity contribution in [1.82, 2.24) is 25.1 Å². The molecule has 0 saturated carbocycles. The number of aromatic nitrogens is 2. The van der Waals surface area contributed by atoms with E-state index in [9.17, 15) is 48.2 Å². The number of nitrogens with zero attached hydrogens (tertiary/aromatic N) is 3. The van der Waals surface area contributed by atoms with Crippen molar-refractivity contribution in [2.45, 2.75) is 103 Å². The zero-order chi connectivity index (χ0) is 40.2. The van der Waals surface area contributed by atoms with Crippen molar-refractivity contribution in [2.75, 3.05) is 13.2 Å².